The molecule has 4 nitrogen and oxygen atoms in total. The summed E-state index contributed by atoms with van der Waals surface area (Å²) in [5.41, 5.74) is 3.16. The van der Waals surface area contributed by atoms with E-state index in [0.29, 0.717) is 12.8 Å². The van der Waals surface area contributed by atoms with Gasteiger partial charge in [-0.3, -0.25) is 4.57 Å². The van der Waals surface area contributed by atoms with Gasteiger partial charge < -0.3 is 0 Å². The number of fused-ring (bicyclic) bond motifs is 1. The average molecular weight is 531 g/mol. The molecule has 5 heteroatoms. The summed E-state index contributed by atoms with van der Waals surface area (Å²) in [6.45, 7) is 6.63. The fraction of sp³-hybridized carbons (Fsp3) is 0.455. The van der Waals surface area contributed by atoms with Crippen molar-refractivity contribution in [3.05, 3.63) is 65.9 Å². The highest BCUT2D eigenvalue weighted by Crippen LogP contribution is 2.23. The summed E-state index contributed by atoms with van der Waals surface area (Å²) in [4.78, 5) is 0.278. The molecule has 0 saturated carbocycles. The number of nitrogens with zero attached hydrogens (tertiary/aromatic N) is 2. The third-order valence-electron chi connectivity index (χ3n) is 6.70. The molecule has 0 spiro atoms. The van der Waals surface area contributed by atoms with Gasteiger partial charge >= 0.3 is 0 Å². The minimum absolute atomic E-state index is 0.278. The second kappa shape index (κ2) is 15.3. The SMILES string of the molecule is CCCCCCC#CN(CCc1cn(C#CCCCCCC)c2ccccc12)S(=O)(=O)c1ccc(C)cc1. The Labute approximate surface area is 230 Å². The molecule has 38 heavy (non-hydrogen) atoms. The van der Waals surface area contributed by atoms with Crippen molar-refractivity contribution >= 4 is 20.9 Å². The zero-order valence-electron chi connectivity index (χ0n) is 23.3. The van der Waals surface area contributed by atoms with Crippen LogP contribution >= 0.6 is 0 Å². The Morgan fingerprint density at radius 3 is 2.16 bits per heavy atom. The second-order valence-corrected chi connectivity index (χ2v) is 11.7. The van der Waals surface area contributed by atoms with Gasteiger partial charge in [0.2, 0.25) is 0 Å². The number of hydrogen-bond acceptors (Lipinski definition) is 2. The minimum atomic E-state index is -3.73. The molecule has 1 aromatic heterocycles. The number of aromatic nitrogens is 1. The molecule has 0 aliphatic carbocycles. The van der Waals surface area contributed by atoms with Crippen molar-refractivity contribution in [3.8, 4) is 23.9 Å². The fourth-order valence-corrected chi connectivity index (χ4v) is 5.65. The Morgan fingerprint density at radius 1 is 0.816 bits per heavy atom. The first kappa shape index (κ1) is 29.4. The molecule has 202 valence electrons. The quantitative estimate of drug-likeness (QED) is 0.128. The van der Waals surface area contributed by atoms with Crippen LogP contribution in [-0.4, -0.2) is 23.8 Å². The highest BCUT2D eigenvalue weighted by molar-refractivity contribution is 7.89. The van der Waals surface area contributed by atoms with Gasteiger partial charge in [-0.05, 0) is 49.9 Å². The Morgan fingerprint density at radius 2 is 1.47 bits per heavy atom. The zero-order valence-corrected chi connectivity index (χ0v) is 24.1. The lowest BCUT2D eigenvalue weighted by atomic mass is 10.1. The van der Waals surface area contributed by atoms with Gasteiger partial charge in [0.05, 0.1) is 10.4 Å². The molecule has 0 aliphatic rings. The number of sulfonamides is 1. The van der Waals surface area contributed by atoms with E-state index < -0.39 is 10.0 Å². The number of unbranched alkanes of at least 4 members (excludes halogenated alkanes) is 8. The zero-order chi connectivity index (χ0) is 27.2. The molecule has 0 aliphatic heterocycles. The van der Waals surface area contributed by atoms with Crippen LogP contribution in [0, 0.1) is 30.9 Å². The molecular weight excluding hydrogens is 488 g/mol. The smallest absolute Gasteiger partial charge is 0.270 e. The van der Waals surface area contributed by atoms with E-state index in [1.165, 1.54) is 30.0 Å². The Hall–Kier alpha value is -3.15. The number of hydrogen-bond donors (Lipinski definition) is 0. The van der Waals surface area contributed by atoms with E-state index in [2.05, 4.69) is 56.1 Å². The van der Waals surface area contributed by atoms with Crippen LogP contribution in [0.2, 0.25) is 0 Å². The summed E-state index contributed by atoms with van der Waals surface area (Å²) < 4.78 is 30.4. The lowest BCUT2D eigenvalue weighted by molar-refractivity contribution is 0.512. The summed E-state index contributed by atoms with van der Waals surface area (Å²) in [7, 11) is -3.73. The van der Waals surface area contributed by atoms with Crippen LogP contribution < -0.4 is 0 Å². The van der Waals surface area contributed by atoms with Crippen LogP contribution in [0.5, 0.6) is 0 Å². The monoisotopic (exact) mass is 530 g/mol. The van der Waals surface area contributed by atoms with Crippen LogP contribution in [0.15, 0.2) is 59.6 Å². The van der Waals surface area contributed by atoms with E-state index in [1.807, 2.05) is 35.8 Å². The van der Waals surface area contributed by atoms with Crippen molar-refractivity contribution in [2.75, 3.05) is 6.54 Å². The van der Waals surface area contributed by atoms with E-state index in [1.54, 1.807) is 12.1 Å². The van der Waals surface area contributed by atoms with Gasteiger partial charge in [-0.25, -0.2) is 12.7 Å². The van der Waals surface area contributed by atoms with Crippen LogP contribution in [-0.2, 0) is 16.4 Å². The second-order valence-electron chi connectivity index (χ2n) is 9.88. The molecule has 0 saturated heterocycles. The van der Waals surface area contributed by atoms with Gasteiger partial charge in [0.15, 0.2) is 0 Å². The van der Waals surface area contributed by atoms with E-state index in [4.69, 9.17) is 0 Å². The summed E-state index contributed by atoms with van der Waals surface area (Å²) in [5.74, 6) is 6.44. The lowest BCUT2D eigenvalue weighted by Crippen LogP contribution is -2.28. The van der Waals surface area contributed by atoms with Gasteiger partial charge in [0.1, 0.15) is 0 Å². The van der Waals surface area contributed by atoms with Crippen molar-refractivity contribution in [2.24, 2.45) is 0 Å². The number of rotatable bonds is 13. The third kappa shape index (κ3) is 8.44. The number of benzene rings is 2. The Kier molecular flexibility index (Phi) is 11.8. The van der Waals surface area contributed by atoms with E-state index in [-0.39, 0.29) is 11.4 Å². The maximum absolute atomic E-state index is 13.5. The predicted molar refractivity (Wildman–Crippen MR) is 159 cm³/mol. The first-order valence-electron chi connectivity index (χ1n) is 14.1. The lowest BCUT2D eigenvalue weighted by Gasteiger charge is -2.18. The number of aryl methyl sites for hydroxylation is 1. The predicted octanol–water partition coefficient (Wildman–Crippen LogP) is 7.89. The molecule has 0 atom stereocenters. The summed E-state index contributed by atoms with van der Waals surface area (Å²) in [6.07, 6.45) is 13.5. The summed E-state index contributed by atoms with van der Waals surface area (Å²) >= 11 is 0. The topological polar surface area (TPSA) is 42.3 Å². The van der Waals surface area contributed by atoms with E-state index >= 15 is 0 Å². The normalized spacial score (nSPS) is 11.0. The van der Waals surface area contributed by atoms with Crippen LogP contribution in [0.25, 0.3) is 10.9 Å². The maximum atomic E-state index is 13.5. The summed E-state index contributed by atoms with van der Waals surface area (Å²) in [5, 5.41) is 1.10. The van der Waals surface area contributed by atoms with E-state index in [0.717, 1.165) is 54.1 Å². The van der Waals surface area contributed by atoms with Crippen LogP contribution in [0.4, 0.5) is 0 Å². The molecule has 0 fully saturated rings. The van der Waals surface area contributed by atoms with E-state index in [9.17, 15) is 8.42 Å². The molecule has 0 bridgehead atoms. The van der Waals surface area contributed by atoms with Gasteiger partial charge in [-0.15, -0.1) is 0 Å². The standard InChI is InChI=1S/C33H42N2O2S/c1-4-6-8-10-12-16-25-34-28-30(32-18-14-15-19-33(32)34)24-27-35(26-17-13-11-9-7-5-2)38(36,37)31-22-20-29(3)21-23-31/h14-15,18-23,28H,4-13,24,27H2,1-3H3. The molecule has 0 radical (unpaired) electrons. The van der Waals surface area contributed by atoms with Crippen LogP contribution in [0.1, 0.15) is 89.2 Å². The Bertz CT molecular complexity index is 1380. The van der Waals surface area contributed by atoms with Crippen molar-refractivity contribution in [2.45, 2.75) is 96.3 Å². The number of para-hydroxylation sites is 1. The van der Waals surface area contributed by atoms with Crippen LogP contribution in [0.3, 0.4) is 0 Å². The molecular formula is C33H42N2O2S. The molecule has 0 unspecified atom stereocenters. The molecule has 0 N–H and O–H groups in total. The van der Waals surface area contributed by atoms with Gasteiger partial charge in [0, 0.05) is 43.1 Å². The van der Waals surface area contributed by atoms with Crippen molar-refractivity contribution in [3.63, 3.8) is 0 Å². The van der Waals surface area contributed by atoms with Crippen molar-refractivity contribution in [1.29, 1.82) is 0 Å². The highest BCUT2D eigenvalue weighted by atomic mass is 32.2. The maximum Gasteiger partial charge on any atom is 0.270 e. The first-order valence-corrected chi connectivity index (χ1v) is 15.6. The largest absolute Gasteiger partial charge is 0.276 e. The molecule has 0 amide bonds. The van der Waals surface area contributed by atoms with Gasteiger partial charge in [-0.2, -0.15) is 0 Å². The average Bonchev–Trinajstić information content (AvgIpc) is 3.27. The van der Waals surface area contributed by atoms with Gasteiger partial charge in [-0.1, -0.05) is 100 Å². The Balaban J connectivity index is 1.81. The third-order valence-corrected chi connectivity index (χ3v) is 8.42. The van der Waals surface area contributed by atoms with Crippen molar-refractivity contribution in [1.82, 2.24) is 8.87 Å². The minimum Gasteiger partial charge on any atom is -0.276 e. The fourth-order valence-electron chi connectivity index (χ4n) is 4.40. The molecule has 3 aromatic rings. The summed E-state index contributed by atoms with van der Waals surface area (Å²) in [6, 6.07) is 21.5. The molecule has 3 rings (SSSR count). The highest BCUT2D eigenvalue weighted by Gasteiger charge is 2.22. The van der Waals surface area contributed by atoms with Crippen molar-refractivity contribution < 1.29 is 8.42 Å². The molecule has 1 heterocycles. The molecule has 2 aromatic carbocycles. The van der Waals surface area contributed by atoms with Gasteiger partial charge in [0.25, 0.3) is 10.0 Å². The first-order chi connectivity index (χ1) is 18.5.